The monoisotopic (exact) mass is 1120 g/mol. The fraction of sp³-hybridized carbons (Fsp3) is 0.0233. The Balaban J connectivity index is 0.825. The number of anilines is 3. The number of fused-ring (bicyclic) bond motifs is 16. The van der Waals surface area contributed by atoms with Crippen molar-refractivity contribution in [3.63, 3.8) is 0 Å². The van der Waals surface area contributed by atoms with E-state index >= 15 is 0 Å². The molecule has 0 saturated heterocycles. The van der Waals surface area contributed by atoms with Gasteiger partial charge in [0, 0.05) is 33.4 Å². The van der Waals surface area contributed by atoms with Crippen LogP contribution >= 0.6 is 0 Å². The molecule has 0 bridgehead atoms. The van der Waals surface area contributed by atoms with Crippen LogP contribution in [0.25, 0.3) is 94.3 Å². The Kier molecular flexibility index (Phi) is 11.2. The van der Waals surface area contributed by atoms with E-state index in [0.29, 0.717) is 0 Å². The normalized spacial score (nSPS) is 13.4. The van der Waals surface area contributed by atoms with E-state index in [1.807, 2.05) is 0 Å². The summed E-state index contributed by atoms with van der Waals surface area (Å²) in [7, 11) is 0. The first-order valence-corrected chi connectivity index (χ1v) is 30.7. The first-order chi connectivity index (χ1) is 43.7. The predicted molar refractivity (Wildman–Crippen MR) is 365 cm³/mol. The van der Waals surface area contributed by atoms with Crippen molar-refractivity contribution in [3.05, 3.63) is 384 Å². The molecule has 3 aliphatic rings. The maximum absolute atomic E-state index is 2.51. The third-order valence-corrected chi connectivity index (χ3v) is 19.5. The average molecular weight is 1120 g/mol. The second-order valence-electron chi connectivity index (χ2n) is 23.8. The molecule has 0 atom stereocenters. The summed E-state index contributed by atoms with van der Waals surface area (Å²) < 4.78 is 2.51. The first kappa shape index (κ1) is 50.0. The van der Waals surface area contributed by atoms with Crippen LogP contribution in [-0.4, -0.2) is 4.57 Å². The largest absolute Gasteiger partial charge is 0.310 e. The molecule has 1 aromatic heterocycles. The minimum absolute atomic E-state index is 0.497. The van der Waals surface area contributed by atoms with E-state index < -0.39 is 10.8 Å². The highest BCUT2D eigenvalue weighted by Gasteiger charge is 2.52. The lowest BCUT2D eigenvalue weighted by atomic mass is 9.67. The van der Waals surface area contributed by atoms with Crippen LogP contribution in [0.3, 0.4) is 0 Å². The average Bonchev–Trinajstić information content (AvgIpc) is 1.53. The molecular formula is C86H56N2. The number of benzene rings is 14. The Bertz CT molecular complexity index is 5160. The zero-order valence-electron chi connectivity index (χ0n) is 48.2. The van der Waals surface area contributed by atoms with Gasteiger partial charge in [-0.3, -0.25) is 0 Å². The fourth-order valence-electron chi connectivity index (χ4n) is 15.9. The van der Waals surface area contributed by atoms with Gasteiger partial charge >= 0.3 is 0 Å². The molecule has 0 radical (unpaired) electrons. The number of aromatic nitrogens is 1. The molecule has 0 aliphatic heterocycles. The molecule has 18 rings (SSSR count). The molecule has 1 heterocycles. The maximum Gasteiger partial charge on any atom is 0.0726 e. The Morgan fingerprint density at radius 1 is 0.227 bits per heavy atom. The first-order valence-electron chi connectivity index (χ1n) is 30.7. The summed E-state index contributed by atoms with van der Waals surface area (Å²) in [5.41, 5.74) is 30.7. The van der Waals surface area contributed by atoms with E-state index in [2.05, 4.69) is 349 Å². The lowest BCUT2D eigenvalue weighted by Gasteiger charge is -2.34. The standard InChI is InChI=1S/C86H56N2/c1-4-24-57(25-5-1)58-44-47-62(48-45-58)87(63-49-52-72-70-35-15-21-41-79(70)86(81(72)55-63)77-39-19-13-32-67(77)68-33-14-20-40-78(68)86)82-42-22-16-36-73(82)66-31-11-10-30-65(66)59-46-51-75-74-37-17-23-43-83(74)88(84(75)54-59)64-50-53-71-69-34-12-18-38-76(69)85(80(71)56-64,60-26-6-2-7-27-60)61-28-8-3-9-29-61/h1-56H. The molecular weight excluding hydrogens is 1060 g/mol. The van der Waals surface area contributed by atoms with Gasteiger partial charge in [-0.1, -0.05) is 285 Å². The highest BCUT2D eigenvalue weighted by Crippen LogP contribution is 2.64. The van der Waals surface area contributed by atoms with Gasteiger partial charge < -0.3 is 9.47 Å². The molecule has 0 saturated carbocycles. The van der Waals surface area contributed by atoms with Crippen molar-refractivity contribution in [2.75, 3.05) is 4.90 Å². The van der Waals surface area contributed by atoms with Crippen molar-refractivity contribution in [1.82, 2.24) is 4.57 Å². The van der Waals surface area contributed by atoms with E-state index in [4.69, 9.17) is 0 Å². The summed E-state index contributed by atoms with van der Waals surface area (Å²) in [6, 6.07) is 127. The summed E-state index contributed by atoms with van der Waals surface area (Å²) in [6.45, 7) is 0. The summed E-state index contributed by atoms with van der Waals surface area (Å²) >= 11 is 0. The van der Waals surface area contributed by atoms with Crippen LogP contribution in [0, 0.1) is 0 Å². The highest BCUT2D eigenvalue weighted by molar-refractivity contribution is 6.11. The van der Waals surface area contributed by atoms with E-state index in [0.717, 1.165) is 50.5 Å². The summed E-state index contributed by atoms with van der Waals surface area (Å²) in [5.74, 6) is 0. The van der Waals surface area contributed by atoms with Gasteiger partial charge in [0.05, 0.1) is 27.6 Å². The quantitative estimate of drug-likeness (QED) is 0.140. The van der Waals surface area contributed by atoms with Gasteiger partial charge in [0.15, 0.2) is 0 Å². The van der Waals surface area contributed by atoms with Crippen molar-refractivity contribution in [2.24, 2.45) is 0 Å². The molecule has 0 amide bonds. The van der Waals surface area contributed by atoms with Gasteiger partial charge in [0.25, 0.3) is 0 Å². The highest BCUT2D eigenvalue weighted by atomic mass is 15.1. The minimum atomic E-state index is -0.530. The van der Waals surface area contributed by atoms with Crippen molar-refractivity contribution < 1.29 is 0 Å². The molecule has 2 heteroatoms. The maximum atomic E-state index is 2.51. The Morgan fingerprint density at radius 3 is 1.26 bits per heavy atom. The van der Waals surface area contributed by atoms with Crippen LogP contribution in [0.2, 0.25) is 0 Å². The summed E-state index contributed by atoms with van der Waals surface area (Å²) in [5, 5.41) is 2.44. The molecule has 88 heavy (non-hydrogen) atoms. The SMILES string of the molecule is c1ccc(-c2ccc(N(c3ccc4c(c3)C3(c5ccccc5-c5ccccc53)c3ccccc3-4)c3ccccc3-c3ccccc3-c3ccc4c5ccccc5n(-c5ccc6c(c5)C(c5ccccc5)(c5ccccc5)c5ccccc5-6)c4c3)cc2)cc1. The molecule has 0 N–H and O–H groups in total. The van der Waals surface area contributed by atoms with Gasteiger partial charge in [0.1, 0.15) is 0 Å². The van der Waals surface area contributed by atoms with Crippen LogP contribution in [0.4, 0.5) is 17.1 Å². The molecule has 14 aromatic carbocycles. The third-order valence-electron chi connectivity index (χ3n) is 19.5. The predicted octanol–water partition coefficient (Wildman–Crippen LogP) is 22.0. The summed E-state index contributed by atoms with van der Waals surface area (Å²) in [6.07, 6.45) is 0. The van der Waals surface area contributed by atoms with Crippen LogP contribution in [0.15, 0.2) is 340 Å². The van der Waals surface area contributed by atoms with Crippen LogP contribution in [-0.2, 0) is 10.8 Å². The second-order valence-corrected chi connectivity index (χ2v) is 23.8. The number of hydrogen-bond acceptors (Lipinski definition) is 1. The van der Waals surface area contributed by atoms with Crippen LogP contribution in [0.5, 0.6) is 0 Å². The number of hydrogen-bond donors (Lipinski definition) is 0. The van der Waals surface area contributed by atoms with Crippen molar-refractivity contribution in [2.45, 2.75) is 10.8 Å². The minimum Gasteiger partial charge on any atom is -0.310 e. The molecule has 0 unspecified atom stereocenters. The lowest BCUT2D eigenvalue weighted by molar-refractivity contribution is 0.767. The zero-order chi connectivity index (χ0) is 57.9. The van der Waals surface area contributed by atoms with Crippen LogP contribution < -0.4 is 4.90 Å². The molecule has 0 fully saturated rings. The van der Waals surface area contributed by atoms with Gasteiger partial charge in [0.2, 0.25) is 0 Å². The molecule has 15 aromatic rings. The number of nitrogens with zero attached hydrogens (tertiary/aromatic N) is 2. The topological polar surface area (TPSA) is 8.17 Å². The van der Waals surface area contributed by atoms with Crippen molar-refractivity contribution in [1.29, 1.82) is 0 Å². The van der Waals surface area contributed by atoms with Gasteiger partial charge in [-0.25, -0.2) is 0 Å². The van der Waals surface area contributed by atoms with Gasteiger partial charge in [-0.15, -0.1) is 0 Å². The molecule has 1 spiro atoms. The van der Waals surface area contributed by atoms with Gasteiger partial charge in [-0.05, 0) is 160 Å². The van der Waals surface area contributed by atoms with Gasteiger partial charge in [-0.2, -0.15) is 0 Å². The van der Waals surface area contributed by atoms with E-state index in [1.54, 1.807) is 0 Å². The van der Waals surface area contributed by atoms with E-state index in [-0.39, 0.29) is 0 Å². The molecule has 410 valence electrons. The van der Waals surface area contributed by atoms with Crippen molar-refractivity contribution >= 4 is 38.9 Å². The second kappa shape index (κ2) is 19.6. The van der Waals surface area contributed by atoms with E-state index in [1.165, 1.54) is 105 Å². The smallest absolute Gasteiger partial charge is 0.0726 e. The van der Waals surface area contributed by atoms with Crippen LogP contribution in [0.1, 0.15) is 44.5 Å². The number of rotatable bonds is 9. The lowest BCUT2D eigenvalue weighted by Crippen LogP contribution is -2.28. The Hall–Kier alpha value is -11.3. The molecule has 2 nitrogen and oxygen atoms in total. The molecule has 3 aliphatic carbocycles. The fourth-order valence-corrected chi connectivity index (χ4v) is 15.9. The third kappa shape index (κ3) is 7.12. The number of para-hydroxylation sites is 2. The van der Waals surface area contributed by atoms with Crippen molar-refractivity contribution in [3.8, 4) is 72.4 Å². The van der Waals surface area contributed by atoms with E-state index in [9.17, 15) is 0 Å². The zero-order valence-corrected chi connectivity index (χ0v) is 48.2. The summed E-state index contributed by atoms with van der Waals surface area (Å²) in [4.78, 5) is 2.50. The Labute approximate surface area is 512 Å². The Morgan fingerprint density at radius 2 is 0.648 bits per heavy atom.